The van der Waals surface area contributed by atoms with Gasteiger partial charge in [0.15, 0.2) is 0 Å². The van der Waals surface area contributed by atoms with Crippen LogP contribution in [-0.4, -0.2) is 16.8 Å². The highest BCUT2D eigenvalue weighted by atomic mass is 16.5. The molecular weight excluding hydrogens is 178 g/mol. The van der Waals surface area contributed by atoms with E-state index < -0.39 is 0 Å². The predicted octanol–water partition coefficient (Wildman–Crippen LogP) is 1.33. The highest BCUT2D eigenvalue weighted by Gasteiger charge is 2.16. The van der Waals surface area contributed by atoms with E-state index in [0.29, 0.717) is 6.61 Å². The number of rotatable bonds is 2. The number of hydrogen-bond donors (Lipinski definition) is 1. The lowest BCUT2D eigenvalue weighted by Gasteiger charge is -2.20. The summed E-state index contributed by atoms with van der Waals surface area (Å²) < 4.78 is 5.49. The molecule has 4 heteroatoms. The van der Waals surface area contributed by atoms with Crippen LogP contribution in [0.15, 0.2) is 30.9 Å². The zero-order valence-corrected chi connectivity index (χ0v) is 7.95. The third-order valence-corrected chi connectivity index (χ3v) is 2.20. The molecule has 0 aliphatic carbocycles. The Hall–Kier alpha value is -1.84. The fourth-order valence-electron chi connectivity index (χ4n) is 1.40. The lowest BCUT2D eigenvalue weighted by Crippen LogP contribution is -2.19. The Morgan fingerprint density at radius 2 is 2.29 bits per heavy atom. The van der Waals surface area contributed by atoms with E-state index >= 15 is 0 Å². The van der Waals surface area contributed by atoms with Crippen molar-refractivity contribution in [2.24, 2.45) is 0 Å². The topological polar surface area (TPSA) is 47.0 Å². The molecule has 0 saturated carbocycles. The maximum Gasteiger partial charge on any atom is 0.149 e. The lowest BCUT2D eigenvalue weighted by molar-refractivity contribution is 0.337. The molecule has 0 bridgehead atoms. The summed E-state index contributed by atoms with van der Waals surface area (Å²) >= 11 is 0. The number of hydrogen-bond acceptors (Lipinski definition) is 4. The Balaban J connectivity index is 2.45. The Labute approximate surface area is 82.3 Å². The Morgan fingerprint density at radius 3 is 3.07 bits per heavy atom. The summed E-state index contributed by atoms with van der Waals surface area (Å²) in [6, 6.07) is 0. The molecule has 4 nitrogen and oxygen atoms in total. The number of ether oxygens (including phenoxy) is 1. The first-order chi connectivity index (χ1) is 6.83. The summed E-state index contributed by atoms with van der Waals surface area (Å²) in [5.74, 6) is 0.784. The third kappa shape index (κ3) is 1.35. The predicted molar refractivity (Wildman–Crippen MR) is 53.5 cm³/mol. The van der Waals surface area contributed by atoms with E-state index in [0.717, 1.165) is 22.6 Å². The molecule has 72 valence electrons. The highest BCUT2D eigenvalue weighted by Crippen LogP contribution is 2.29. The SMILES string of the molecule is C=CNC1=C(C)c2cnncc2OC1. The van der Waals surface area contributed by atoms with Gasteiger partial charge in [-0.1, -0.05) is 6.58 Å². The van der Waals surface area contributed by atoms with Gasteiger partial charge in [-0.25, -0.2) is 0 Å². The molecule has 0 aromatic carbocycles. The second kappa shape index (κ2) is 3.49. The van der Waals surface area contributed by atoms with Crippen molar-refractivity contribution in [1.82, 2.24) is 15.5 Å². The minimum Gasteiger partial charge on any atom is -0.485 e. The van der Waals surface area contributed by atoms with Gasteiger partial charge >= 0.3 is 0 Å². The molecule has 0 unspecified atom stereocenters. The quantitative estimate of drug-likeness (QED) is 0.762. The van der Waals surface area contributed by atoms with Crippen molar-refractivity contribution in [3.8, 4) is 5.75 Å². The van der Waals surface area contributed by atoms with E-state index in [1.54, 1.807) is 18.6 Å². The minimum atomic E-state index is 0.524. The van der Waals surface area contributed by atoms with E-state index in [-0.39, 0.29) is 0 Å². The second-order valence-corrected chi connectivity index (χ2v) is 3.01. The van der Waals surface area contributed by atoms with E-state index in [1.807, 2.05) is 6.92 Å². The van der Waals surface area contributed by atoms with E-state index in [1.165, 1.54) is 0 Å². The van der Waals surface area contributed by atoms with Crippen LogP contribution in [0.5, 0.6) is 5.75 Å². The summed E-state index contributed by atoms with van der Waals surface area (Å²) in [5.41, 5.74) is 3.12. The van der Waals surface area contributed by atoms with Crippen LogP contribution in [0, 0.1) is 0 Å². The Kier molecular flexibility index (Phi) is 2.18. The second-order valence-electron chi connectivity index (χ2n) is 3.01. The Bertz CT molecular complexity index is 398. The van der Waals surface area contributed by atoms with Gasteiger partial charge in [-0.3, -0.25) is 0 Å². The molecule has 0 radical (unpaired) electrons. The van der Waals surface area contributed by atoms with Gasteiger partial charge in [0.05, 0.1) is 18.1 Å². The molecule has 14 heavy (non-hydrogen) atoms. The number of nitrogens with zero attached hydrogens (tertiary/aromatic N) is 2. The van der Waals surface area contributed by atoms with Crippen LogP contribution in [0.25, 0.3) is 5.57 Å². The van der Waals surface area contributed by atoms with Gasteiger partial charge in [0.1, 0.15) is 12.4 Å². The van der Waals surface area contributed by atoms with Gasteiger partial charge in [0.2, 0.25) is 0 Å². The van der Waals surface area contributed by atoms with Crippen LogP contribution in [0.1, 0.15) is 12.5 Å². The van der Waals surface area contributed by atoms with Crippen molar-refractivity contribution < 1.29 is 4.74 Å². The summed E-state index contributed by atoms with van der Waals surface area (Å²) in [4.78, 5) is 0. The van der Waals surface area contributed by atoms with E-state index in [4.69, 9.17) is 4.74 Å². The monoisotopic (exact) mass is 189 g/mol. The number of fused-ring (bicyclic) bond motifs is 1. The molecule has 2 heterocycles. The number of allylic oxidation sites excluding steroid dienone is 1. The van der Waals surface area contributed by atoms with Gasteiger partial charge in [0, 0.05) is 5.56 Å². The van der Waals surface area contributed by atoms with Crippen molar-refractivity contribution >= 4 is 5.57 Å². The molecule has 1 N–H and O–H groups in total. The van der Waals surface area contributed by atoms with Gasteiger partial charge in [0.25, 0.3) is 0 Å². The van der Waals surface area contributed by atoms with Crippen LogP contribution < -0.4 is 10.1 Å². The third-order valence-electron chi connectivity index (χ3n) is 2.20. The fourth-order valence-corrected chi connectivity index (χ4v) is 1.40. The maximum absolute atomic E-state index is 5.49. The molecule has 1 aliphatic heterocycles. The summed E-state index contributed by atoms with van der Waals surface area (Å²) in [7, 11) is 0. The average molecular weight is 189 g/mol. The molecule has 1 aromatic heterocycles. The van der Waals surface area contributed by atoms with Crippen molar-refractivity contribution in [2.75, 3.05) is 6.61 Å². The largest absolute Gasteiger partial charge is 0.485 e. The molecule has 0 spiro atoms. The molecule has 0 fully saturated rings. The molecule has 0 saturated heterocycles. The fraction of sp³-hybridized carbons (Fsp3) is 0.200. The van der Waals surface area contributed by atoms with Crippen molar-refractivity contribution in [1.29, 1.82) is 0 Å². The zero-order chi connectivity index (χ0) is 9.97. The van der Waals surface area contributed by atoms with Gasteiger partial charge in [-0.05, 0) is 18.7 Å². The van der Waals surface area contributed by atoms with Crippen molar-refractivity contribution in [3.63, 3.8) is 0 Å². The van der Waals surface area contributed by atoms with Gasteiger partial charge in [-0.15, -0.1) is 0 Å². The Morgan fingerprint density at radius 1 is 1.50 bits per heavy atom. The van der Waals surface area contributed by atoms with Crippen LogP contribution in [0.2, 0.25) is 0 Å². The molecule has 0 amide bonds. The van der Waals surface area contributed by atoms with E-state index in [9.17, 15) is 0 Å². The standard InChI is InChI=1S/C10H11N3O/c1-3-11-9-6-14-10-5-13-12-4-8(10)7(9)2/h3-5,11H,1,6H2,2H3. The number of nitrogens with one attached hydrogen (secondary N) is 1. The molecular formula is C10H11N3O. The van der Waals surface area contributed by atoms with Gasteiger partial charge in [-0.2, -0.15) is 10.2 Å². The average Bonchev–Trinajstić information content (AvgIpc) is 2.23. The normalized spacial score (nSPS) is 14.4. The first kappa shape index (κ1) is 8.74. The van der Waals surface area contributed by atoms with Gasteiger partial charge < -0.3 is 10.1 Å². The summed E-state index contributed by atoms with van der Waals surface area (Å²) in [6.45, 7) is 6.16. The van der Waals surface area contributed by atoms with Crippen molar-refractivity contribution in [3.05, 3.63) is 36.4 Å². The number of aromatic nitrogens is 2. The first-order valence-electron chi connectivity index (χ1n) is 4.34. The van der Waals surface area contributed by atoms with Crippen LogP contribution in [0.3, 0.4) is 0 Å². The lowest BCUT2D eigenvalue weighted by atomic mass is 10.1. The van der Waals surface area contributed by atoms with E-state index in [2.05, 4.69) is 22.1 Å². The minimum absolute atomic E-state index is 0.524. The molecule has 2 rings (SSSR count). The smallest absolute Gasteiger partial charge is 0.149 e. The molecule has 1 aliphatic rings. The van der Waals surface area contributed by atoms with Crippen LogP contribution in [0.4, 0.5) is 0 Å². The van der Waals surface area contributed by atoms with Crippen molar-refractivity contribution in [2.45, 2.75) is 6.92 Å². The molecule has 0 atom stereocenters. The highest BCUT2D eigenvalue weighted by molar-refractivity contribution is 5.72. The maximum atomic E-state index is 5.49. The first-order valence-corrected chi connectivity index (χ1v) is 4.34. The molecule has 1 aromatic rings. The van der Waals surface area contributed by atoms with Crippen LogP contribution in [-0.2, 0) is 0 Å². The van der Waals surface area contributed by atoms with Crippen LogP contribution >= 0.6 is 0 Å². The summed E-state index contributed by atoms with van der Waals surface area (Å²) in [5, 5.41) is 10.6. The summed E-state index contributed by atoms with van der Waals surface area (Å²) in [6.07, 6.45) is 4.97. The zero-order valence-electron chi connectivity index (χ0n) is 7.95.